The minimum absolute atomic E-state index is 0.635. The smallest absolute Gasteiger partial charge is 0.352 e. The van der Waals surface area contributed by atoms with Crippen molar-refractivity contribution < 1.29 is 13.2 Å². The molecule has 12 aromatic rings. The highest BCUT2D eigenvalue weighted by molar-refractivity contribution is 9.10. The van der Waals surface area contributed by atoms with E-state index in [1.54, 1.807) is 37.3 Å². The zero-order chi connectivity index (χ0) is 68.6. The second-order valence-corrected chi connectivity index (χ2v) is 25.0. The van der Waals surface area contributed by atoms with Crippen LogP contribution in [0.3, 0.4) is 0 Å². The predicted octanol–water partition coefficient (Wildman–Crippen LogP) is 12.6. The number of pyridine rings is 3. The molecule has 4 aromatic carbocycles. The van der Waals surface area contributed by atoms with Crippen molar-refractivity contribution in [2.45, 2.75) is 6.18 Å². The maximum absolute atomic E-state index is 12.9. The van der Waals surface area contributed by atoms with Crippen molar-refractivity contribution in [2.75, 3.05) is 124 Å². The lowest BCUT2D eigenvalue weighted by Gasteiger charge is -2.28. The van der Waals surface area contributed by atoms with E-state index in [2.05, 4.69) is 152 Å². The van der Waals surface area contributed by atoms with E-state index in [1.165, 1.54) is 12.1 Å². The van der Waals surface area contributed by atoms with Gasteiger partial charge in [-0.25, -0.2) is 14.8 Å². The molecule has 16 rings (SSSR count). The molecule has 4 aliphatic heterocycles. The lowest BCUT2D eigenvalue weighted by molar-refractivity contribution is -0.137. The van der Waals surface area contributed by atoms with Crippen LogP contribution in [0.1, 0.15) is 5.56 Å². The van der Waals surface area contributed by atoms with Gasteiger partial charge in [0.1, 0.15) is 6.33 Å². The van der Waals surface area contributed by atoms with Crippen LogP contribution in [-0.2, 0) is 6.18 Å². The number of aromatic nitrogens is 13. The Morgan fingerprint density at radius 2 is 0.690 bits per heavy atom. The topological polar surface area (TPSA) is 245 Å². The molecule has 4 saturated heterocycles. The van der Waals surface area contributed by atoms with E-state index >= 15 is 0 Å². The summed E-state index contributed by atoms with van der Waals surface area (Å²) in [7, 11) is 0. The third-order valence-electron chi connectivity index (χ3n) is 17.5. The number of nitrogens with one attached hydrogen (secondary N) is 8. The quantitative estimate of drug-likeness (QED) is 0.0530. The van der Waals surface area contributed by atoms with E-state index in [0.29, 0.717) is 22.0 Å². The zero-order valence-electron chi connectivity index (χ0n) is 54.4. The number of halogens is 5. The first-order valence-corrected chi connectivity index (χ1v) is 34.0. The van der Waals surface area contributed by atoms with E-state index < -0.39 is 11.7 Å². The molecule has 0 bridgehead atoms. The fraction of sp³-hybridized carbons (Fsp3) is 0.233. The average Bonchev–Trinajstić information content (AvgIpc) is 1.63. The number of aromatic amines is 4. The molecule has 0 saturated carbocycles. The summed E-state index contributed by atoms with van der Waals surface area (Å²) >= 11 is 9.52. The first kappa shape index (κ1) is 67.9. The molecular formula is C73H71BrClF3N22. The lowest BCUT2D eigenvalue weighted by atomic mass is 10.00. The number of anilines is 4. The summed E-state index contributed by atoms with van der Waals surface area (Å²) < 4.78 is 39.7. The lowest BCUT2D eigenvalue weighted by Crippen LogP contribution is -2.43. The van der Waals surface area contributed by atoms with Crippen LogP contribution in [0.4, 0.5) is 42.1 Å². The van der Waals surface area contributed by atoms with Crippen LogP contribution in [-0.4, -0.2) is 170 Å². The third-order valence-corrected chi connectivity index (χ3v) is 18.2. The monoisotopic (exact) mass is 1430 g/mol. The van der Waals surface area contributed by atoms with E-state index in [0.717, 1.165) is 223 Å². The minimum atomic E-state index is -4.35. The molecule has 508 valence electrons. The van der Waals surface area contributed by atoms with Crippen LogP contribution in [0.5, 0.6) is 0 Å². The molecule has 8 N–H and O–H groups in total. The van der Waals surface area contributed by atoms with Crippen molar-refractivity contribution in [3.8, 4) is 89.7 Å². The Morgan fingerprint density at radius 3 is 1.02 bits per heavy atom. The van der Waals surface area contributed by atoms with E-state index in [-0.39, 0.29) is 0 Å². The number of rotatable bonds is 12. The standard InChI is InChI=1S/C19H18F3N5.C19H18N6.C18H18BrN5.C17H17ClN6/c20-19(21,22)15-3-1-14(2-4-15)17-16(13-5-7-23-8-6-13)18(26-25-17)27-11-9-24-10-12-27;1-20-16-4-2-15(3-5-16)18-17(14-6-8-21-9-7-14)19(24-23-18)25-12-10-22-11-13-25;19-15-3-1-14(2-4-15)17-16(13-5-7-20-8-6-13)18(23-22-17)24-11-9-21-10-12-24;18-13-3-1-12(2-4-13)16-15(14-5-6-20-11-21-14)17(23-22-16)24-9-7-19-8-10-24/h1-8,24H,9-12H2,(H,25,26);2-9,22H,10-13H2,(H,23,24);1-8,21H,9-12H2,(H,22,23);1-6,11,19H,7-10H2,(H,22,23). The highest BCUT2D eigenvalue weighted by Gasteiger charge is 2.32. The summed E-state index contributed by atoms with van der Waals surface area (Å²) in [5.74, 6) is 3.72. The molecule has 0 aliphatic carbocycles. The predicted molar refractivity (Wildman–Crippen MR) is 391 cm³/mol. The van der Waals surface area contributed by atoms with Crippen molar-refractivity contribution in [2.24, 2.45) is 0 Å². The number of benzene rings is 4. The highest BCUT2D eigenvalue weighted by atomic mass is 79.9. The number of hydrogen-bond donors (Lipinski definition) is 8. The van der Waals surface area contributed by atoms with Gasteiger partial charge in [-0.2, -0.15) is 33.6 Å². The summed E-state index contributed by atoms with van der Waals surface area (Å²) in [6.45, 7) is 21.9. The maximum atomic E-state index is 12.9. The van der Waals surface area contributed by atoms with Crippen LogP contribution in [0.2, 0.25) is 5.02 Å². The molecule has 0 unspecified atom stereocenters. The molecule has 27 heteroatoms. The van der Waals surface area contributed by atoms with Gasteiger partial charge in [0.2, 0.25) is 0 Å². The Hall–Kier alpha value is -10.7. The number of hydrogen-bond acceptors (Lipinski definition) is 17. The first-order chi connectivity index (χ1) is 49.1. The van der Waals surface area contributed by atoms with Gasteiger partial charge in [-0.05, 0) is 101 Å². The fourth-order valence-corrected chi connectivity index (χ4v) is 12.8. The molecule has 8 aromatic heterocycles. The van der Waals surface area contributed by atoms with Crippen LogP contribution in [0.25, 0.3) is 94.5 Å². The van der Waals surface area contributed by atoms with Gasteiger partial charge in [-0.15, -0.1) is 0 Å². The average molecular weight is 1430 g/mol. The number of alkyl halides is 3. The Morgan fingerprint density at radius 1 is 0.380 bits per heavy atom. The number of piperazine rings is 4. The van der Waals surface area contributed by atoms with Crippen molar-refractivity contribution in [3.63, 3.8) is 0 Å². The number of nitrogens with zero attached hydrogens (tertiary/aromatic N) is 14. The van der Waals surface area contributed by atoms with Gasteiger partial charge in [0.15, 0.2) is 29.0 Å². The van der Waals surface area contributed by atoms with Crippen molar-refractivity contribution in [1.29, 1.82) is 0 Å². The Balaban J connectivity index is 0.000000120. The molecule has 4 fully saturated rings. The van der Waals surface area contributed by atoms with Crippen molar-refractivity contribution in [3.05, 3.63) is 216 Å². The van der Waals surface area contributed by atoms with Gasteiger partial charge in [-0.3, -0.25) is 35.3 Å². The fourth-order valence-electron chi connectivity index (χ4n) is 12.4. The van der Waals surface area contributed by atoms with E-state index in [9.17, 15) is 13.2 Å². The van der Waals surface area contributed by atoms with Crippen molar-refractivity contribution >= 4 is 56.5 Å². The minimum Gasteiger partial charge on any atom is -0.352 e. The normalized spacial score (nSPS) is 14.8. The Bertz CT molecular complexity index is 4450. The molecule has 4 aliphatic rings. The molecule has 0 spiro atoms. The summed E-state index contributed by atoms with van der Waals surface area (Å²) in [5.41, 5.74) is 15.5. The van der Waals surface area contributed by atoms with Crippen LogP contribution in [0.15, 0.2) is 194 Å². The van der Waals surface area contributed by atoms with E-state index in [1.807, 2.05) is 103 Å². The maximum Gasteiger partial charge on any atom is 0.416 e. The summed E-state index contributed by atoms with van der Waals surface area (Å²) in [4.78, 5) is 33.4. The molecule has 100 heavy (non-hydrogen) atoms. The van der Waals surface area contributed by atoms with Gasteiger partial charge in [-0.1, -0.05) is 88.2 Å². The van der Waals surface area contributed by atoms with E-state index in [4.69, 9.17) is 18.2 Å². The third kappa shape index (κ3) is 16.1. The van der Waals surface area contributed by atoms with Gasteiger partial charge >= 0.3 is 6.18 Å². The second-order valence-electron chi connectivity index (χ2n) is 23.7. The van der Waals surface area contributed by atoms with Gasteiger partial charge in [0, 0.05) is 174 Å². The van der Waals surface area contributed by atoms with Crippen LogP contribution >= 0.6 is 27.5 Å². The largest absolute Gasteiger partial charge is 0.416 e. The van der Waals surface area contributed by atoms with Gasteiger partial charge in [0.05, 0.1) is 62.9 Å². The summed E-state index contributed by atoms with van der Waals surface area (Å²) in [6.07, 6.45) is 9.61. The van der Waals surface area contributed by atoms with Crippen molar-refractivity contribution in [1.82, 2.24) is 87.0 Å². The van der Waals surface area contributed by atoms with Crippen LogP contribution in [0, 0.1) is 6.57 Å². The molecule has 0 radical (unpaired) electrons. The zero-order valence-corrected chi connectivity index (χ0v) is 56.7. The van der Waals surface area contributed by atoms with Crippen LogP contribution < -0.4 is 40.9 Å². The molecule has 0 amide bonds. The van der Waals surface area contributed by atoms with Gasteiger partial charge < -0.3 is 40.9 Å². The Kier molecular flexibility index (Phi) is 22.0. The SMILES string of the molecule is Brc1ccc(-c2[nH]nc(N3CCNCC3)c2-c2ccncc2)cc1.Clc1ccc(-c2[nH]nc(N3CCNCC3)c2-c2ccncn2)cc1.FC(F)(F)c1ccc(-c2[nH]nc(N3CCNCC3)c2-c2ccncc2)cc1.[C-]#[N+]c1ccc(-c2[nH]nc(N3CCNCC3)c2-c2ccncc2)cc1. The molecular weight excluding hydrogens is 1360 g/mol. The number of H-pyrrole nitrogens is 4. The highest BCUT2D eigenvalue weighted by Crippen LogP contribution is 2.43. The summed E-state index contributed by atoms with van der Waals surface area (Å²) in [6, 6.07) is 42.6. The first-order valence-electron chi connectivity index (χ1n) is 32.9. The van der Waals surface area contributed by atoms with Gasteiger partial charge in [0.25, 0.3) is 0 Å². The molecule has 22 nitrogen and oxygen atoms in total. The second kappa shape index (κ2) is 32.3. The molecule has 12 heterocycles. The molecule has 0 atom stereocenters. The Labute approximate surface area is 589 Å². The summed E-state index contributed by atoms with van der Waals surface area (Å²) in [5, 5.41) is 45.2.